The van der Waals surface area contributed by atoms with Gasteiger partial charge in [-0.25, -0.2) is 9.18 Å². The molecule has 0 saturated carbocycles. The first kappa shape index (κ1) is 20.1. The van der Waals surface area contributed by atoms with Gasteiger partial charge >= 0.3 is 6.03 Å². The van der Waals surface area contributed by atoms with Gasteiger partial charge in [0.15, 0.2) is 0 Å². The number of carbonyl (C=O) groups excluding carboxylic acids is 2. The van der Waals surface area contributed by atoms with Crippen molar-refractivity contribution in [3.8, 4) is 0 Å². The molecule has 0 radical (unpaired) electrons. The maximum Gasteiger partial charge on any atom is 0.319 e. The number of rotatable bonds is 4. The van der Waals surface area contributed by atoms with E-state index in [9.17, 15) is 14.0 Å². The number of likely N-dealkylation sites (N-methyl/N-ethyl adjacent to an activating group) is 1. The number of nitrogens with zero attached hydrogens (tertiary/aromatic N) is 2. The molecule has 3 rings (SSSR count). The van der Waals surface area contributed by atoms with Gasteiger partial charge in [0.25, 0.3) is 0 Å². The molecule has 0 fully saturated rings. The van der Waals surface area contributed by atoms with Crippen LogP contribution in [0.5, 0.6) is 0 Å². The van der Waals surface area contributed by atoms with Crippen LogP contribution >= 0.6 is 23.2 Å². The molecule has 3 amide bonds. The van der Waals surface area contributed by atoms with Gasteiger partial charge in [-0.05, 0) is 24.3 Å². The normalized spacial score (nSPS) is 13.5. The number of benzene rings is 2. The fourth-order valence-corrected chi connectivity index (χ4v) is 3.22. The van der Waals surface area contributed by atoms with Gasteiger partial charge < -0.3 is 15.5 Å². The highest BCUT2D eigenvalue weighted by Crippen LogP contribution is 2.37. The number of hydrogen-bond donors (Lipinski definition) is 2. The Bertz CT molecular complexity index is 965. The standard InChI is InChI=1S/C19H17Cl2FN4O2/c1-26-14-7-6-13(25-19(28)23-9-8-20)17(21)16(14)18(24-10-15(26)27)11-4-2-3-5-12(11)22/h2-7H,8-10H2,1H3,(H2,23,25,28). The number of hydrogen-bond acceptors (Lipinski definition) is 3. The van der Waals surface area contributed by atoms with E-state index >= 15 is 0 Å². The van der Waals surface area contributed by atoms with Crippen LogP contribution in [0, 0.1) is 5.82 Å². The van der Waals surface area contributed by atoms with Gasteiger partial charge in [-0.15, -0.1) is 11.6 Å². The Morgan fingerprint density at radius 3 is 2.75 bits per heavy atom. The predicted octanol–water partition coefficient (Wildman–Crippen LogP) is 3.65. The lowest BCUT2D eigenvalue weighted by Gasteiger charge is -2.21. The highest BCUT2D eigenvalue weighted by molar-refractivity contribution is 6.40. The van der Waals surface area contributed by atoms with Crippen molar-refractivity contribution in [2.75, 3.05) is 36.2 Å². The van der Waals surface area contributed by atoms with Gasteiger partial charge in [-0.1, -0.05) is 23.7 Å². The van der Waals surface area contributed by atoms with Gasteiger partial charge in [-0.3, -0.25) is 9.79 Å². The molecule has 2 aromatic carbocycles. The summed E-state index contributed by atoms with van der Waals surface area (Å²) in [5, 5.41) is 5.36. The third-order valence-electron chi connectivity index (χ3n) is 4.22. The molecule has 0 unspecified atom stereocenters. The van der Waals surface area contributed by atoms with Gasteiger partial charge in [0.2, 0.25) is 5.91 Å². The first-order valence-corrected chi connectivity index (χ1v) is 9.35. The van der Waals surface area contributed by atoms with Crippen LogP contribution in [0.15, 0.2) is 41.4 Å². The van der Waals surface area contributed by atoms with E-state index in [0.29, 0.717) is 16.9 Å². The molecular formula is C19H17Cl2FN4O2. The lowest BCUT2D eigenvalue weighted by molar-refractivity contribution is -0.116. The third kappa shape index (κ3) is 3.95. The van der Waals surface area contributed by atoms with Crippen molar-refractivity contribution in [1.82, 2.24) is 5.32 Å². The van der Waals surface area contributed by atoms with Crippen molar-refractivity contribution >= 4 is 52.2 Å². The predicted molar refractivity (Wildman–Crippen MR) is 110 cm³/mol. The largest absolute Gasteiger partial charge is 0.337 e. The number of anilines is 2. The van der Waals surface area contributed by atoms with Crippen molar-refractivity contribution in [2.24, 2.45) is 4.99 Å². The molecule has 1 heterocycles. The van der Waals surface area contributed by atoms with Crippen LogP contribution in [0.4, 0.5) is 20.6 Å². The number of urea groups is 1. The fourth-order valence-electron chi connectivity index (χ4n) is 2.83. The first-order chi connectivity index (χ1) is 13.4. The van der Waals surface area contributed by atoms with Crippen LogP contribution in [0.3, 0.4) is 0 Å². The Morgan fingerprint density at radius 2 is 2.04 bits per heavy atom. The van der Waals surface area contributed by atoms with E-state index in [-0.39, 0.29) is 41.2 Å². The number of carbonyl (C=O) groups is 2. The molecule has 0 aromatic heterocycles. The minimum atomic E-state index is -0.488. The SMILES string of the molecule is CN1C(=O)CN=C(c2ccccc2F)c2c1ccc(NC(=O)NCCCl)c2Cl. The monoisotopic (exact) mass is 422 g/mol. The van der Waals surface area contributed by atoms with Crippen molar-refractivity contribution < 1.29 is 14.0 Å². The number of aliphatic imine (C=N–C) groups is 1. The van der Waals surface area contributed by atoms with Crippen LogP contribution < -0.4 is 15.5 Å². The van der Waals surface area contributed by atoms with E-state index in [2.05, 4.69) is 15.6 Å². The summed E-state index contributed by atoms with van der Waals surface area (Å²) in [6, 6.07) is 8.85. The Hall–Kier alpha value is -2.64. The van der Waals surface area contributed by atoms with E-state index in [1.165, 1.54) is 11.0 Å². The molecule has 0 aliphatic carbocycles. The van der Waals surface area contributed by atoms with E-state index < -0.39 is 11.8 Å². The van der Waals surface area contributed by atoms with Crippen molar-refractivity contribution in [1.29, 1.82) is 0 Å². The Morgan fingerprint density at radius 1 is 1.29 bits per heavy atom. The molecule has 1 aliphatic heterocycles. The summed E-state index contributed by atoms with van der Waals surface area (Å²) in [4.78, 5) is 30.0. The van der Waals surface area contributed by atoms with Crippen molar-refractivity contribution in [2.45, 2.75) is 0 Å². The zero-order chi connectivity index (χ0) is 20.3. The molecular weight excluding hydrogens is 406 g/mol. The molecule has 6 nitrogen and oxygen atoms in total. The number of halogens is 3. The summed E-state index contributed by atoms with van der Waals surface area (Å²) in [5.74, 6) is -0.481. The van der Waals surface area contributed by atoms with Crippen LogP contribution in [-0.2, 0) is 4.79 Å². The minimum Gasteiger partial charge on any atom is -0.337 e. The number of fused-ring (bicyclic) bond motifs is 1. The highest BCUT2D eigenvalue weighted by atomic mass is 35.5. The smallest absolute Gasteiger partial charge is 0.319 e. The Kier molecular flexibility index (Phi) is 6.16. The summed E-state index contributed by atoms with van der Waals surface area (Å²) >= 11 is 12.1. The summed E-state index contributed by atoms with van der Waals surface area (Å²) in [6.45, 7) is 0.138. The summed E-state index contributed by atoms with van der Waals surface area (Å²) in [5.41, 5.74) is 1.62. The van der Waals surface area contributed by atoms with Crippen molar-refractivity contribution in [3.63, 3.8) is 0 Å². The average Bonchev–Trinajstić information content (AvgIpc) is 2.81. The second-order valence-corrected chi connectivity index (χ2v) is 6.74. The molecule has 0 spiro atoms. The topological polar surface area (TPSA) is 73.8 Å². The molecule has 0 bridgehead atoms. The van der Waals surface area contributed by atoms with Gasteiger partial charge in [0, 0.05) is 30.6 Å². The molecule has 146 valence electrons. The number of amides is 3. The van der Waals surface area contributed by atoms with E-state index in [1.807, 2.05) is 0 Å². The fraction of sp³-hybridized carbons (Fsp3) is 0.211. The van der Waals surface area contributed by atoms with Crippen LogP contribution in [0.25, 0.3) is 0 Å². The maximum atomic E-state index is 14.5. The van der Waals surface area contributed by atoms with E-state index in [0.717, 1.165) is 0 Å². The molecule has 2 aromatic rings. The molecule has 28 heavy (non-hydrogen) atoms. The Labute approximate surface area is 171 Å². The maximum absolute atomic E-state index is 14.5. The van der Waals surface area contributed by atoms with Crippen LogP contribution in [-0.4, -0.2) is 43.7 Å². The van der Waals surface area contributed by atoms with Crippen LogP contribution in [0.2, 0.25) is 5.02 Å². The number of benzodiazepines with no additional fused rings is 1. The molecule has 9 heteroatoms. The average molecular weight is 423 g/mol. The third-order valence-corrected chi connectivity index (χ3v) is 4.80. The zero-order valence-corrected chi connectivity index (χ0v) is 16.4. The van der Waals surface area contributed by atoms with Gasteiger partial charge in [-0.2, -0.15) is 0 Å². The van der Waals surface area contributed by atoms with Crippen molar-refractivity contribution in [3.05, 3.63) is 58.4 Å². The lowest BCUT2D eigenvalue weighted by Crippen LogP contribution is -2.30. The van der Waals surface area contributed by atoms with E-state index in [4.69, 9.17) is 23.2 Å². The highest BCUT2D eigenvalue weighted by Gasteiger charge is 2.27. The Balaban J connectivity index is 2.13. The van der Waals surface area contributed by atoms with Gasteiger partial charge in [0.05, 0.1) is 22.1 Å². The first-order valence-electron chi connectivity index (χ1n) is 8.43. The quantitative estimate of drug-likeness (QED) is 0.737. The summed E-state index contributed by atoms with van der Waals surface area (Å²) < 4.78 is 14.5. The molecule has 2 N–H and O–H groups in total. The lowest BCUT2D eigenvalue weighted by atomic mass is 9.99. The summed E-state index contributed by atoms with van der Waals surface area (Å²) in [7, 11) is 1.59. The van der Waals surface area contributed by atoms with Gasteiger partial charge in [0.1, 0.15) is 12.4 Å². The second-order valence-electron chi connectivity index (χ2n) is 5.99. The molecule has 1 aliphatic rings. The van der Waals surface area contributed by atoms with E-state index in [1.54, 1.807) is 37.4 Å². The molecule has 0 saturated heterocycles. The number of nitrogens with one attached hydrogen (secondary N) is 2. The minimum absolute atomic E-state index is 0.149. The second kappa shape index (κ2) is 8.58. The number of alkyl halides is 1. The molecule has 0 atom stereocenters. The zero-order valence-electron chi connectivity index (χ0n) is 14.9. The summed E-state index contributed by atoms with van der Waals surface area (Å²) in [6.07, 6.45) is 0. The van der Waals surface area contributed by atoms with Crippen LogP contribution in [0.1, 0.15) is 11.1 Å².